The van der Waals surface area contributed by atoms with E-state index in [-0.39, 0.29) is 17.1 Å². The van der Waals surface area contributed by atoms with E-state index in [4.69, 9.17) is 12.2 Å². The zero-order valence-electron chi connectivity index (χ0n) is 8.84. The number of hydrogen-bond donors (Lipinski definition) is 1. The molecule has 1 rings (SSSR count). The fourth-order valence-electron chi connectivity index (χ4n) is 1.06. The molecule has 0 spiro atoms. The second-order valence-electron chi connectivity index (χ2n) is 3.40. The van der Waals surface area contributed by atoms with E-state index in [1.165, 1.54) is 0 Å². The van der Waals surface area contributed by atoms with Crippen molar-refractivity contribution in [3.05, 3.63) is 22.2 Å². The van der Waals surface area contributed by atoms with Crippen LogP contribution >= 0.6 is 12.2 Å². The lowest BCUT2D eigenvalue weighted by atomic mass is 10.4. The molecule has 0 amide bonds. The summed E-state index contributed by atoms with van der Waals surface area (Å²) in [6, 6.07) is 1.58. The highest BCUT2D eigenvalue weighted by molar-refractivity contribution is 7.71. The van der Waals surface area contributed by atoms with Crippen LogP contribution in [0, 0.1) is 11.6 Å². The van der Waals surface area contributed by atoms with E-state index in [0.29, 0.717) is 5.69 Å². The first-order chi connectivity index (χ1) is 7.81. The van der Waals surface area contributed by atoms with Gasteiger partial charge in [-0.1, -0.05) is 12.2 Å². The number of rotatable bonds is 5. The minimum Gasteiger partial charge on any atom is -0.367 e. The second kappa shape index (κ2) is 5.54. The Morgan fingerprint density at radius 1 is 1.53 bits per heavy atom. The Morgan fingerprint density at radius 2 is 2.18 bits per heavy atom. The smallest absolute Gasteiger partial charge is 0.330 e. The Hall–Kier alpha value is -1.02. The molecule has 1 aromatic rings. The monoisotopic (exact) mass is 270 g/mol. The van der Waals surface area contributed by atoms with Gasteiger partial charge < -0.3 is 9.72 Å². The van der Waals surface area contributed by atoms with Crippen molar-refractivity contribution < 1.29 is 22.3 Å². The molecule has 0 aromatic carbocycles. The van der Waals surface area contributed by atoms with Gasteiger partial charge in [-0.15, -0.1) is 0 Å². The van der Waals surface area contributed by atoms with E-state index in [1.54, 1.807) is 13.0 Å². The number of aromatic nitrogens is 2. The zero-order valence-corrected chi connectivity index (χ0v) is 9.66. The molecule has 3 nitrogen and oxygen atoms in total. The van der Waals surface area contributed by atoms with Crippen molar-refractivity contribution in [2.75, 3.05) is 6.61 Å². The summed E-state index contributed by atoms with van der Waals surface area (Å²) in [6.45, 7) is 0.0171. The maximum absolute atomic E-state index is 12.5. The van der Waals surface area contributed by atoms with Gasteiger partial charge in [0.05, 0.1) is 0 Å². The van der Waals surface area contributed by atoms with Gasteiger partial charge in [-0.25, -0.2) is 13.8 Å². The molecule has 0 aliphatic heterocycles. The van der Waals surface area contributed by atoms with Crippen LogP contribution in [-0.4, -0.2) is 28.9 Å². The molecular weight excluding hydrogens is 260 g/mol. The van der Waals surface area contributed by atoms with Crippen LogP contribution in [0.25, 0.3) is 0 Å². The first-order valence-corrected chi connectivity index (χ1v) is 5.02. The summed E-state index contributed by atoms with van der Waals surface area (Å²) in [7, 11) is 0. The van der Waals surface area contributed by atoms with Crippen LogP contribution < -0.4 is 0 Å². The quantitative estimate of drug-likeness (QED) is 0.660. The summed E-state index contributed by atoms with van der Waals surface area (Å²) in [5.41, 5.74) is 0.684. The second-order valence-corrected chi connectivity index (χ2v) is 3.82. The molecule has 0 unspecified atom stereocenters. The average molecular weight is 270 g/mol. The molecule has 0 radical (unpaired) electrons. The largest absolute Gasteiger partial charge is 0.367 e. The average Bonchev–Trinajstić information content (AvgIpc) is 2.15. The van der Waals surface area contributed by atoms with E-state index in [0.717, 1.165) is 0 Å². The fraction of sp³-hybridized carbons (Fsp3) is 0.556. The van der Waals surface area contributed by atoms with Gasteiger partial charge in [0.1, 0.15) is 23.7 Å². The summed E-state index contributed by atoms with van der Waals surface area (Å²) in [5.74, 6) is -3.93. The van der Waals surface area contributed by atoms with Crippen LogP contribution in [0.4, 0.5) is 17.6 Å². The number of nitrogens with one attached hydrogen (secondary N) is 1. The summed E-state index contributed by atoms with van der Waals surface area (Å²) >= 11 is 4.80. The third-order valence-corrected chi connectivity index (χ3v) is 1.99. The molecule has 0 saturated carbocycles. The van der Waals surface area contributed by atoms with Gasteiger partial charge in [-0.2, -0.15) is 8.78 Å². The van der Waals surface area contributed by atoms with Crippen molar-refractivity contribution in [2.45, 2.75) is 25.9 Å². The minimum atomic E-state index is -4.15. The lowest BCUT2D eigenvalue weighted by Gasteiger charge is -2.14. The molecule has 96 valence electrons. The number of aryl methyl sites for hydroxylation is 1. The van der Waals surface area contributed by atoms with Crippen LogP contribution in [0.5, 0.6) is 0 Å². The number of hydrogen-bond acceptors (Lipinski definition) is 3. The van der Waals surface area contributed by atoms with Gasteiger partial charge in [0.2, 0.25) is 0 Å². The van der Waals surface area contributed by atoms with Gasteiger partial charge in [0.25, 0.3) is 0 Å². The molecular formula is C9H10F4N2OS. The van der Waals surface area contributed by atoms with Crippen molar-refractivity contribution in [3.63, 3.8) is 0 Å². The molecule has 0 atom stereocenters. The number of aromatic amines is 1. The third kappa shape index (κ3) is 4.39. The molecule has 17 heavy (non-hydrogen) atoms. The fourth-order valence-corrected chi connectivity index (χ4v) is 1.34. The maximum Gasteiger partial charge on any atom is 0.330 e. The van der Waals surface area contributed by atoms with Crippen molar-refractivity contribution in [1.82, 2.24) is 9.97 Å². The molecule has 1 heterocycles. The number of alkyl halides is 4. The number of ether oxygens (including phenoxy) is 1. The molecule has 0 fully saturated rings. The first-order valence-electron chi connectivity index (χ1n) is 4.62. The molecule has 1 N–H and O–H groups in total. The van der Waals surface area contributed by atoms with Gasteiger partial charge in [-0.3, -0.25) is 0 Å². The highest BCUT2D eigenvalue weighted by Crippen LogP contribution is 2.23. The molecule has 0 bridgehead atoms. The zero-order chi connectivity index (χ0) is 13.1. The van der Waals surface area contributed by atoms with E-state index < -0.39 is 19.0 Å². The summed E-state index contributed by atoms with van der Waals surface area (Å²) in [6.07, 6.45) is -3.74. The normalized spacial score (nSPS) is 12.1. The molecule has 0 saturated heterocycles. The van der Waals surface area contributed by atoms with Crippen LogP contribution in [0.3, 0.4) is 0 Å². The lowest BCUT2D eigenvalue weighted by molar-refractivity contribution is -0.168. The lowest BCUT2D eigenvalue weighted by Crippen LogP contribution is -2.32. The third-order valence-electron chi connectivity index (χ3n) is 1.78. The van der Waals surface area contributed by atoms with E-state index in [2.05, 4.69) is 14.7 Å². The molecule has 0 aliphatic rings. The highest BCUT2D eigenvalue weighted by atomic mass is 32.1. The predicted octanol–water partition coefficient (Wildman–Crippen LogP) is 2.86. The predicted molar refractivity (Wildman–Crippen MR) is 54.8 cm³/mol. The number of halogens is 4. The van der Waals surface area contributed by atoms with Gasteiger partial charge in [0, 0.05) is 5.69 Å². The number of nitrogens with zero attached hydrogens (tertiary/aromatic N) is 1. The van der Waals surface area contributed by atoms with Crippen molar-refractivity contribution in [1.29, 1.82) is 0 Å². The Labute approximate surface area is 99.8 Å². The van der Waals surface area contributed by atoms with Crippen molar-refractivity contribution in [2.24, 2.45) is 0 Å². The Bertz CT molecular complexity index is 435. The van der Waals surface area contributed by atoms with Crippen LogP contribution in [0.15, 0.2) is 6.07 Å². The Morgan fingerprint density at radius 3 is 2.71 bits per heavy atom. The van der Waals surface area contributed by atoms with Gasteiger partial charge in [-0.05, 0) is 13.0 Å². The van der Waals surface area contributed by atoms with Crippen LogP contribution in [0.1, 0.15) is 11.5 Å². The van der Waals surface area contributed by atoms with E-state index in [1.807, 2.05) is 0 Å². The highest BCUT2D eigenvalue weighted by Gasteiger charge is 2.40. The molecule has 1 aromatic heterocycles. The van der Waals surface area contributed by atoms with E-state index >= 15 is 0 Å². The molecule has 0 aliphatic carbocycles. The van der Waals surface area contributed by atoms with Gasteiger partial charge in [0.15, 0.2) is 0 Å². The van der Waals surface area contributed by atoms with Crippen molar-refractivity contribution in [3.8, 4) is 0 Å². The van der Waals surface area contributed by atoms with Crippen LogP contribution in [0.2, 0.25) is 0 Å². The summed E-state index contributed by atoms with van der Waals surface area (Å²) < 4.78 is 53.3. The summed E-state index contributed by atoms with van der Waals surface area (Å²) in [5, 5.41) is 0. The van der Waals surface area contributed by atoms with Gasteiger partial charge >= 0.3 is 12.3 Å². The standard InChI is InChI=1S/C9H10F4N2OS/c1-5-2-7(17)15-6(14-5)3-16-4-9(12,13)8(10)11/h2,8H,3-4H2,1H3,(H,14,15,17). The van der Waals surface area contributed by atoms with Crippen LogP contribution in [-0.2, 0) is 11.3 Å². The molecule has 8 heteroatoms. The first kappa shape index (κ1) is 14.0. The Balaban J connectivity index is 2.54. The van der Waals surface area contributed by atoms with E-state index in [9.17, 15) is 17.6 Å². The SMILES string of the molecule is Cc1cc(=S)nc(COCC(F)(F)C(F)F)[nH]1. The van der Waals surface area contributed by atoms with Crippen molar-refractivity contribution >= 4 is 12.2 Å². The number of H-pyrrole nitrogens is 1. The maximum atomic E-state index is 12.5. The topological polar surface area (TPSA) is 37.9 Å². The summed E-state index contributed by atoms with van der Waals surface area (Å²) in [4.78, 5) is 6.53. The Kier molecular flexibility index (Phi) is 4.58. The minimum absolute atomic E-state index is 0.222.